The zero-order chi connectivity index (χ0) is 15.7. The third-order valence-electron chi connectivity index (χ3n) is 3.65. The lowest BCUT2D eigenvalue weighted by atomic mass is 10.0. The van der Waals surface area contributed by atoms with E-state index in [0.717, 1.165) is 22.2 Å². The number of aromatic amines is 1. The van der Waals surface area contributed by atoms with Crippen LogP contribution in [0.3, 0.4) is 0 Å². The minimum atomic E-state index is -0.615. The number of nitrogens with one attached hydrogen (secondary N) is 1. The van der Waals surface area contributed by atoms with Crippen molar-refractivity contribution < 1.29 is 9.53 Å². The summed E-state index contributed by atoms with van der Waals surface area (Å²) in [5.74, 6) is -0.615. The van der Waals surface area contributed by atoms with Crippen molar-refractivity contribution in [2.45, 2.75) is 13.3 Å². The minimum Gasteiger partial charge on any atom is -0.465 e. The van der Waals surface area contributed by atoms with Gasteiger partial charge in [0.2, 0.25) is 0 Å². The van der Waals surface area contributed by atoms with Crippen molar-refractivity contribution in [2.24, 2.45) is 0 Å². The average molecular weight is 313 g/mol. The normalized spacial score (nSPS) is 10.8. The van der Waals surface area contributed by atoms with E-state index in [1.165, 1.54) is 11.8 Å². The lowest BCUT2D eigenvalue weighted by Crippen LogP contribution is -2.20. The van der Waals surface area contributed by atoms with Gasteiger partial charge in [-0.15, -0.1) is 11.3 Å². The molecule has 0 aliphatic heterocycles. The molecule has 112 valence electrons. The topological polar surface area (TPSA) is 59.2 Å². The van der Waals surface area contributed by atoms with E-state index in [-0.39, 0.29) is 5.56 Å². The van der Waals surface area contributed by atoms with Gasteiger partial charge < -0.3 is 9.72 Å². The van der Waals surface area contributed by atoms with Crippen molar-refractivity contribution in [3.8, 4) is 11.3 Å². The molecular weight excluding hydrogens is 298 g/mol. The molecule has 0 radical (unpaired) electrons. The van der Waals surface area contributed by atoms with Crippen molar-refractivity contribution >= 4 is 27.4 Å². The van der Waals surface area contributed by atoms with Crippen LogP contribution in [0.5, 0.6) is 0 Å². The summed E-state index contributed by atoms with van der Waals surface area (Å²) in [4.78, 5) is 26.6. The van der Waals surface area contributed by atoms with Gasteiger partial charge in [0.15, 0.2) is 0 Å². The third kappa shape index (κ3) is 2.44. The molecule has 2 aromatic heterocycles. The molecule has 0 atom stereocenters. The summed E-state index contributed by atoms with van der Waals surface area (Å²) in [5.41, 5.74) is 2.23. The molecule has 1 aromatic carbocycles. The highest BCUT2D eigenvalue weighted by Gasteiger charge is 2.15. The molecule has 0 spiro atoms. The van der Waals surface area contributed by atoms with Crippen LogP contribution in [0.4, 0.5) is 0 Å². The van der Waals surface area contributed by atoms with Gasteiger partial charge in [-0.25, -0.2) is 4.79 Å². The van der Waals surface area contributed by atoms with Crippen molar-refractivity contribution in [2.75, 3.05) is 7.11 Å². The van der Waals surface area contributed by atoms with Crippen LogP contribution >= 0.6 is 11.3 Å². The second kappa shape index (κ2) is 5.77. The van der Waals surface area contributed by atoms with Gasteiger partial charge in [-0.05, 0) is 52.6 Å². The predicted octanol–water partition coefficient (Wildman–Crippen LogP) is 3.61. The third-order valence-corrected chi connectivity index (χ3v) is 4.55. The standard InChI is InChI=1S/C17H15NO3S/c1-3-10-9-13(17(20)21-2)16(19)18-15(10)12-4-5-14-11(8-12)6-7-22-14/h4-9H,3H2,1-2H3,(H,18,19). The smallest absolute Gasteiger partial charge is 0.343 e. The number of hydrogen-bond donors (Lipinski definition) is 1. The van der Waals surface area contributed by atoms with E-state index in [1.54, 1.807) is 17.4 Å². The van der Waals surface area contributed by atoms with Crippen LogP contribution in [0.1, 0.15) is 22.8 Å². The SMILES string of the molecule is CCc1cc(C(=O)OC)c(=O)[nH]c1-c1ccc2sccc2c1. The van der Waals surface area contributed by atoms with E-state index in [1.807, 2.05) is 30.5 Å². The number of aryl methyl sites for hydroxylation is 1. The Bertz CT molecular complexity index is 908. The molecule has 0 aliphatic carbocycles. The Morgan fingerprint density at radius 3 is 2.82 bits per heavy atom. The number of hydrogen-bond acceptors (Lipinski definition) is 4. The molecule has 0 fully saturated rings. The number of ether oxygens (including phenoxy) is 1. The summed E-state index contributed by atoms with van der Waals surface area (Å²) in [7, 11) is 1.27. The summed E-state index contributed by atoms with van der Waals surface area (Å²) in [6, 6.07) is 9.75. The lowest BCUT2D eigenvalue weighted by Gasteiger charge is -2.10. The maximum absolute atomic E-state index is 12.1. The number of thiophene rings is 1. The molecule has 0 unspecified atom stereocenters. The lowest BCUT2D eigenvalue weighted by molar-refractivity contribution is 0.0598. The molecule has 0 saturated heterocycles. The van der Waals surface area contributed by atoms with E-state index in [2.05, 4.69) is 15.8 Å². The minimum absolute atomic E-state index is 0.0414. The summed E-state index contributed by atoms with van der Waals surface area (Å²) in [6.07, 6.45) is 0.706. The maximum Gasteiger partial charge on any atom is 0.343 e. The van der Waals surface area contributed by atoms with Gasteiger partial charge in [-0.1, -0.05) is 13.0 Å². The number of fused-ring (bicyclic) bond motifs is 1. The Balaban J connectivity index is 2.19. The number of pyridine rings is 1. The van der Waals surface area contributed by atoms with Crippen molar-refractivity contribution in [3.05, 3.63) is 57.2 Å². The fourth-order valence-electron chi connectivity index (χ4n) is 2.49. The fraction of sp³-hybridized carbons (Fsp3) is 0.176. The van der Waals surface area contributed by atoms with Crippen LogP contribution in [0.15, 0.2) is 40.5 Å². The molecule has 22 heavy (non-hydrogen) atoms. The molecule has 3 aromatic rings. The van der Waals surface area contributed by atoms with E-state index >= 15 is 0 Å². The Morgan fingerprint density at radius 1 is 1.27 bits per heavy atom. The molecule has 5 heteroatoms. The monoisotopic (exact) mass is 313 g/mol. The van der Waals surface area contributed by atoms with Crippen LogP contribution in [0, 0.1) is 0 Å². The highest BCUT2D eigenvalue weighted by atomic mass is 32.1. The first kappa shape index (κ1) is 14.5. The number of H-pyrrole nitrogens is 1. The number of methoxy groups -OCH3 is 1. The number of aromatic nitrogens is 1. The molecule has 0 bridgehead atoms. The molecule has 0 saturated carbocycles. The Kier molecular flexibility index (Phi) is 3.81. The van der Waals surface area contributed by atoms with Crippen LogP contribution in [-0.4, -0.2) is 18.1 Å². The summed E-state index contributed by atoms with van der Waals surface area (Å²) in [6.45, 7) is 1.99. The van der Waals surface area contributed by atoms with Gasteiger partial charge in [0.25, 0.3) is 5.56 Å². The molecule has 0 aliphatic rings. The second-order valence-electron chi connectivity index (χ2n) is 4.93. The zero-order valence-electron chi connectivity index (χ0n) is 12.3. The van der Waals surface area contributed by atoms with Gasteiger partial charge >= 0.3 is 5.97 Å². The molecular formula is C17H15NO3S. The molecule has 0 amide bonds. The fourth-order valence-corrected chi connectivity index (χ4v) is 3.26. The van der Waals surface area contributed by atoms with Crippen molar-refractivity contribution in [1.82, 2.24) is 4.98 Å². The number of esters is 1. The van der Waals surface area contributed by atoms with Crippen LogP contribution in [0.2, 0.25) is 0 Å². The largest absolute Gasteiger partial charge is 0.465 e. The highest BCUT2D eigenvalue weighted by molar-refractivity contribution is 7.17. The maximum atomic E-state index is 12.1. The van der Waals surface area contributed by atoms with Gasteiger partial charge in [-0.3, -0.25) is 4.79 Å². The summed E-state index contributed by atoms with van der Waals surface area (Å²) >= 11 is 1.68. The van der Waals surface area contributed by atoms with Crippen LogP contribution in [-0.2, 0) is 11.2 Å². The van der Waals surface area contributed by atoms with E-state index in [0.29, 0.717) is 6.42 Å². The van der Waals surface area contributed by atoms with Gasteiger partial charge in [-0.2, -0.15) is 0 Å². The first-order valence-electron chi connectivity index (χ1n) is 6.96. The molecule has 3 rings (SSSR count). The van der Waals surface area contributed by atoms with Crippen LogP contribution in [0.25, 0.3) is 21.3 Å². The van der Waals surface area contributed by atoms with E-state index in [9.17, 15) is 9.59 Å². The second-order valence-corrected chi connectivity index (χ2v) is 5.88. The van der Waals surface area contributed by atoms with Gasteiger partial charge in [0.1, 0.15) is 5.56 Å². The number of carbonyl (C=O) groups excluding carboxylic acids is 1. The first-order valence-corrected chi connectivity index (χ1v) is 7.84. The van der Waals surface area contributed by atoms with Gasteiger partial charge in [0, 0.05) is 4.70 Å². The van der Waals surface area contributed by atoms with Crippen molar-refractivity contribution in [1.29, 1.82) is 0 Å². The Hall–Kier alpha value is -2.40. The average Bonchev–Trinajstić information content (AvgIpc) is 3.01. The van der Waals surface area contributed by atoms with Gasteiger partial charge in [0.05, 0.1) is 12.8 Å². The van der Waals surface area contributed by atoms with E-state index < -0.39 is 11.5 Å². The first-order chi connectivity index (χ1) is 10.6. The Morgan fingerprint density at radius 2 is 2.09 bits per heavy atom. The zero-order valence-corrected chi connectivity index (χ0v) is 13.1. The molecule has 4 nitrogen and oxygen atoms in total. The summed E-state index contributed by atoms with van der Waals surface area (Å²) < 4.78 is 5.86. The number of rotatable bonds is 3. The van der Waals surface area contributed by atoms with Crippen LogP contribution < -0.4 is 5.56 Å². The molecule has 1 N–H and O–H groups in total. The predicted molar refractivity (Wildman–Crippen MR) is 88.6 cm³/mol. The van der Waals surface area contributed by atoms with Crippen molar-refractivity contribution in [3.63, 3.8) is 0 Å². The summed E-state index contributed by atoms with van der Waals surface area (Å²) in [5, 5.41) is 3.18. The number of carbonyl (C=O) groups is 1. The quantitative estimate of drug-likeness (QED) is 0.752. The Labute approximate surface area is 131 Å². The van der Waals surface area contributed by atoms with E-state index in [4.69, 9.17) is 0 Å². The number of benzene rings is 1. The molecule has 2 heterocycles. The highest BCUT2D eigenvalue weighted by Crippen LogP contribution is 2.28.